The van der Waals surface area contributed by atoms with E-state index < -0.39 is 0 Å². The zero-order valence-electron chi connectivity index (χ0n) is 11.5. The highest BCUT2D eigenvalue weighted by molar-refractivity contribution is 5.85. The summed E-state index contributed by atoms with van der Waals surface area (Å²) in [7, 11) is 0. The molecule has 0 bridgehead atoms. The molecule has 0 aliphatic heterocycles. The van der Waals surface area contributed by atoms with Gasteiger partial charge in [-0.2, -0.15) is 0 Å². The summed E-state index contributed by atoms with van der Waals surface area (Å²) in [5.74, 6) is 1.32. The standard InChI is InChI=1S/C14H22N2O2.ClH/c1-11(2)12-3-5-13(6-4-12)18-10-9-16-14(17)7-8-15;/h3-6,11H,7-10,15H2,1-2H3,(H,16,17);1H. The van der Waals surface area contributed by atoms with E-state index in [0.717, 1.165) is 5.75 Å². The Kier molecular flexibility index (Phi) is 9.00. The molecule has 0 saturated heterocycles. The predicted octanol–water partition coefficient (Wildman–Crippen LogP) is 2.08. The number of carbonyl (C=O) groups is 1. The van der Waals surface area contributed by atoms with Gasteiger partial charge >= 0.3 is 0 Å². The number of halogens is 1. The first kappa shape index (κ1) is 17.7. The minimum atomic E-state index is -0.0312. The molecule has 0 unspecified atom stereocenters. The van der Waals surface area contributed by atoms with Gasteiger partial charge in [-0.25, -0.2) is 0 Å². The molecule has 0 fully saturated rings. The maximum atomic E-state index is 11.1. The van der Waals surface area contributed by atoms with Crippen LogP contribution in [0.1, 0.15) is 31.7 Å². The lowest BCUT2D eigenvalue weighted by molar-refractivity contribution is -0.120. The van der Waals surface area contributed by atoms with Gasteiger partial charge in [0.05, 0.1) is 6.54 Å². The highest BCUT2D eigenvalue weighted by atomic mass is 35.5. The second-order valence-electron chi connectivity index (χ2n) is 4.46. The van der Waals surface area contributed by atoms with Crippen molar-refractivity contribution in [2.75, 3.05) is 19.7 Å². The SMILES string of the molecule is CC(C)c1ccc(OCCNC(=O)CCN)cc1.Cl. The summed E-state index contributed by atoms with van der Waals surface area (Å²) in [6.45, 7) is 5.66. The number of rotatable bonds is 7. The van der Waals surface area contributed by atoms with E-state index >= 15 is 0 Å². The van der Waals surface area contributed by atoms with Crippen molar-refractivity contribution < 1.29 is 9.53 Å². The summed E-state index contributed by atoms with van der Waals surface area (Å²) in [6.07, 6.45) is 0.364. The monoisotopic (exact) mass is 286 g/mol. The van der Waals surface area contributed by atoms with Gasteiger partial charge in [0, 0.05) is 13.0 Å². The molecule has 0 aromatic heterocycles. The van der Waals surface area contributed by atoms with Gasteiger partial charge in [-0.15, -0.1) is 12.4 Å². The molecule has 3 N–H and O–H groups in total. The summed E-state index contributed by atoms with van der Waals surface area (Å²) in [4.78, 5) is 11.1. The first-order valence-corrected chi connectivity index (χ1v) is 6.33. The molecule has 5 heteroatoms. The van der Waals surface area contributed by atoms with Crippen molar-refractivity contribution in [1.29, 1.82) is 0 Å². The van der Waals surface area contributed by atoms with Crippen LogP contribution in [-0.2, 0) is 4.79 Å². The minimum absolute atomic E-state index is 0. The third-order valence-electron chi connectivity index (χ3n) is 2.61. The largest absolute Gasteiger partial charge is 0.492 e. The lowest BCUT2D eigenvalue weighted by Crippen LogP contribution is -2.29. The van der Waals surface area contributed by atoms with Crippen LogP contribution < -0.4 is 15.8 Å². The van der Waals surface area contributed by atoms with Gasteiger partial charge in [0.25, 0.3) is 0 Å². The van der Waals surface area contributed by atoms with Gasteiger partial charge in [-0.3, -0.25) is 4.79 Å². The Bertz CT molecular complexity index is 366. The molecule has 0 heterocycles. The molecule has 19 heavy (non-hydrogen) atoms. The van der Waals surface area contributed by atoms with E-state index in [9.17, 15) is 4.79 Å². The minimum Gasteiger partial charge on any atom is -0.492 e. The third kappa shape index (κ3) is 7.03. The van der Waals surface area contributed by atoms with Crippen LogP contribution >= 0.6 is 12.4 Å². The third-order valence-corrected chi connectivity index (χ3v) is 2.61. The molecule has 0 spiro atoms. The van der Waals surface area contributed by atoms with Crippen molar-refractivity contribution in [2.24, 2.45) is 5.73 Å². The number of hydrogen-bond donors (Lipinski definition) is 2. The molecule has 0 atom stereocenters. The van der Waals surface area contributed by atoms with Gasteiger partial charge in [-0.1, -0.05) is 26.0 Å². The van der Waals surface area contributed by atoms with E-state index in [1.54, 1.807) is 0 Å². The highest BCUT2D eigenvalue weighted by Gasteiger charge is 2.00. The fourth-order valence-corrected chi connectivity index (χ4v) is 1.53. The number of ether oxygens (including phenoxy) is 1. The Hall–Kier alpha value is -1.26. The fourth-order valence-electron chi connectivity index (χ4n) is 1.53. The van der Waals surface area contributed by atoms with E-state index in [0.29, 0.717) is 32.0 Å². The Morgan fingerprint density at radius 1 is 1.32 bits per heavy atom. The average molecular weight is 287 g/mol. The Labute approximate surface area is 121 Å². The van der Waals surface area contributed by atoms with Crippen molar-refractivity contribution in [3.8, 4) is 5.75 Å². The molecular formula is C14H23ClN2O2. The Morgan fingerprint density at radius 3 is 2.47 bits per heavy atom. The second-order valence-corrected chi connectivity index (χ2v) is 4.46. The van der Waals surface area contributed by atoms with E-state index in [1.807, 2.05) is 12.1 Å². The van der Waals surface area contributed by atoms with Gasteiger partial charge in [0.15, 0.2) is 0 Å². The van der Waals surface area contributed by atoms with Crippen molar-refractivity contribution in [3.63, 3.8) is 0 Å². The molecular weight excluding hydrogens is 264 g/mol. The molecule has 1 amide bonds. The van der Waals surface area contributed by atoms with Crippen molar-refractivity contribution in [2.45, 2.75) is 26.2 Å². The van der Waals surface area contributed by atoms with Crippen LogP contribution in [-0.4, -0.2) is 25.6 Å². The van der Waals surface area contributed by atoms with Gasteiger partial charge < -0.3 is 15.8 Å². The van der Waals surface area contributed by atoms with Crippen LogP contribution in [0.25, 0.3) is 0 Å². The number of nitrogens with two attached hydrogens (primary N) is 1. The van der Waals surface area contributed by atoms with E-state index in [-0.39, 0.29) is 18.3 Å². The molecule has 0 radical (unpaired) electrons. The molecule has 1 aromatic rings. The second kappa shape index (κ2) is 9.64. The molecule has 0 saturated carbocycles. The predicted molar refractivity (Wildman–Crippen MR) is 80.0 cm³/mol. The zero-order chi connectivity index (χ0) is 13.4. The highest BCUT2D eigenvalue weighted by Crippen LogP contribution is 2.18. The molecule has 0 aliphatic rings. The Morgan fingerprint density at radius 2 is 1.95 bits per heavy atom. The number of amides is 1. The normalized spacial score (nSPS) is 9.89. The Balaban J connectivity index is 0.00000324. The molecule has 4 nitrogen and oxygen atoms in total. The van der Waals surface area contributed by atoms with Crippen LogP contribution in [0.15, 0.2) is 24.3 Å². The van der Waals surface area contributed by atoms with Crippen molar-refractivity contribution in [1.82, 2.24) is 5.32 Å². The number of nitrogens with one attached hydrogen (secondary N) is 1. The van der Waals surface area contributed by atoms with E-state index in [4.69, 9.17) is 10.5 Å². The maximum absolute atomic E-state index is 11.1. The first-order valence-electron chi connectivity index (χ1n) is 6.33. The van der Waals surface area contributed by atoms with Gasteiger partial charge in [-0.05, 0) is 23.6 Å². The van der Waals surface area contributed by atoms with Crippen molar-refractivity contribution in [3.05, 3.63) is 29.8 Å². The number of benzene rings is 1. The first-order chi connectivity index (χ1) is 8.63. The van der Waals surface area contributed by atoms with Gasteiger partial charge in [0.1, 0.15) is 12.4 Å². The summed E-state index contributed by atoms with van der Waals surface area (Å²) in [5, 5.41) is 2.74. The van der Waals surface area contributed by atoms with E-state index in [2.05, 4.69) is 31.3 Å². The molecule has 1 aromatic carbocycles. The number of carbonyl (C=O) groups excluding carboxylic acids is 1. The fraction of sp³-hybridized carbons (Fsp3) is 0.500. The maximum Gasteiger partial charge on any atom is 0.221 e. The summed E-state index contributed by atoms with van der Waals surface area (Å²) in [6, 6.07) is 8.04. The topological polar surface area (TPSA) is 64.3 Å². The van der Waals surface area contributed by atoms with Crippen LogP contribution in [0.4, 0.5) is 0 Å². The summed E-state index contributed by atoms with van der Waals surface area (Å²) < 4.78 is 5.52. The average Bonchev–Trinajstić information content (AvgIpc) is 2.35. The molecule has 0 aliphatic carbocycles. The van der Waals surface area contributed by atoms with Crippen LogP contribution in [0.5, 0.6) is 5.75 Å². The number of hydrogen-bond acceptors (Lipinski definition) is 3. The molecule has 1 rings (SSSR count). The summed E-state index contributed by atoms with van der Waals surface area (Å²) in [5.41, 5.74) is 6.56. The lowest BCUT2D eigenvalue weighted by atomic mass is 10.0. The zero-order valence-corrected chi connectivity index (χ0v) is 12.3. The summed E-state index contributed by atoms with van der Waals surface area (Å²) >= 11 is 0. The van der Waals surface area contributed by atoms with Crippen molar-refractivity contribution >= 4 is 18.3 Å². The van der Waals surface area contributed by atoms with Crippen LogP contribution in [0.2, 0.25) is 0 Å². The van der Waals surface area contributed by atoms with Crippen LogP contribution in [0, 0.1) is 0 Å². The molecule has 108 valence electrons. The lowest BCUT2D eigenvalue weighted by Gasteiger charge is -2.09. The van der Waals surface area contributed by atoms with Gasteiger partial charge in [0.2, 0.25) is 5.91 Å². The van der Waals surface area contributed by atoms with E-state index in [1.165, 1.54) is 5.56 Å². The smallest absolute Gasteiger partial charge is 0.221 e. The van der Waals surface area contributed by atoms with Crippen LogP contribution in [0.3, 0.4) is 0 Å². The quantitative estimate of drug-likeness (QED) is 0.754.